The molecule has 0 saturated heterocycles. The van der Waals surface area contributed by atoms with Crippen molar-refractivity contribution in [2.45, 2.75) is 76.7 Å². The van der Waals surface area contributed by atoms with Crippen LogP contribution in [-0.2, 0) is 0 Å². The molecule has 1 spiro atoms. The molecule has 0 unspecified atom stereocenters. The molecule has 2 aliphatic carbocycles. The van der Waals surface area contributed by atoms with Gasteiger partial charge in [-0.15, -0.1) is 11.8 Å². The van der Waals surface area contributed by atoms with Gasteiger partial charge < -0.3 is 5.11 Å². The van der Waals surface area contributed by atoms with Gasteiger partial charge >= 0.3 is 0 Å². The van der Waals surface area contributed by atoms with Crippen molar-refractivity contribution in [2.24, 2.45) is 5.41 Å². The van der Waals surface area contributed by atoms with E-state index in [0.29, 0.717) is 5.41 Å². The molecule has 90 valence electrons. The molecule has 16 heavy (non-hydrogen) atoms. The summed E-state index contributed by atoms with van der Waals surface area (Å²) >= 11 is 0. The van der Waals surface area contributed by atoms with Crippen LogP contribution in [0.1, 0.15) is 71.1 Å². The van der Waals surface area contributed by atoms with Gasteiger partial charge in [0.2, 0.25) is 0 Å². The Bertz CT molecular complexity index is 278. The largest absolute Gasteiger partial charge is 0.390 e. The van der Waals surface area contributed by atoms with Crippen LogP contribution in [0.2, 0.25) is 0 Å². The predicted octanol–water partition coefficient (Wildman–Crippen LogP) is 3.66. The summed E-state index contributed by atoms with van der Waals surface area (Å²) in [5.41, 5.74) is 0.236. The summed E-state index contributed by atoms with van der Waals surface area (Å²) in [6.45, 7) is 1.87. The number of rotatable bonds is 2. The summed E-state index contributed by atoms with van der Waals surface area (Å²) in [4.78, 5) is 0. The fourth-order valence-corrected chi connectivity index (χ4v) is 3.54. The SMILES string of the molecule is CC#CCCC1(O)CCC2(CCCC2)CC1. The lowest BCUT2D eigenvalue weighted by molar-refractivity contribution is -0.0377. The van der Waals surface area contributed by atoms with Crippen LogP contribution in [-0.4, -0.2) is 10.7 Å². The molecule has 1 nitrogen and oxygen atoms in total. The van der Waals surface area contributed by atoms with Gasteiger partial charge in [-0.3, -0.25) is 0 Å². The highest BCUT2D eigenvalue weighted by atomic mass is 16.3. The Hall–Kier alpha value is -0.480. The fraction of sp³-hybridized carbons (Fsp3) is 0.867. The lowest BCUT2D eigenvalue weighted by Gasteiger charge is -2.42. The van der Waals surface area contributed by atoms with Gasteiger partial charge in [-0.2, -0.15) is 0 Å². The topological polar surface area (TPSA) is 20.2 Å². The van der Waals surface area contributed by atoms with E-state index in [0.717, 1.165) is 25.7 Å². The van der Waals surface area contributed by atoms with E-state index < -0.39 is 5.60 Å². The second kappa shape index (κ2) is 4.80. The summed E-state index contributed by atoms with van der Waals surface area (Å²) in [6, 6.07) is 0. The van der Waals surface area contributed by atoms with Gasteiger partial charge in [0.25, 0.3) is 0 Å². The highest BCUT2D eigenvalue weighted by Crippen LogP contribution is 2.51. The molecule has 0 aromatic heterocycles. The fourth-order valence-electron chi connectivity index (χ4n) is 3.54. The van der Waals surface area contributed by atoms with Crippen molar-refractivity contribution in [2.75, 3.05) is 0 Å². The molecular weight excluding hydrogens is 196 g/mol. The summed E-state index contributed by atoms with van der Waals surface area (Å²) in [6.07, 6.45) is 11.9. The lowest BCUT2D eigenvalue weighted by Crippen LogP contribution is -2.37. The standard InChI is InChI=1S/C15H24O/c1-2-3-4-9-15(16)12-10-14(11-13-15)7-5-6-8-14/h16H,4-13H2,1H3. The van der Waals surface area contributed by atoms with E-state index in [1.54, 1.807) is 0 Å². The Balaban J connectivity index is 1.84. The Morgan fingerprint density at radius 3 is 2.19 bits per heavy atom. The molecule has 0 atom stereocenters. The molecule has 0 aromatic rings. The van der Waals surface area contributed by atoms with Crippen molar-refractivity contribution < 1.29 is 5.11 Å². The third-order valence-electron chi connectivity index (χ3n) is 4.80. The maximum atomic E-state index is 10.5. The van der Waals surface area contributed by atoms with E-state index >= 15 is 0 Å². The number of hydrogen-bond donors (Lipinski definition) is 1. The van der Waals surface area contributed by atoms with E-state index in [-0.39, 0.29) is 0 Å². The van der Waals surface area contributed by atoms with Crippen LogP contribution in [0.3, 0.4) is 0 Å². The second-order valence-corrected chi connectivity index (χ2v) is 5.86. The third kappa shape index (κ3) is 2.61. The van der Waals surface area contributed by atoms with E-state index in [1.165, 1.54) is 38.5 Å². The zero-order chi connectivity index (χ0) is 11.5. The molecule has 2 saturated carbocycles. The maximum Gasteiger partial charge on any atom is 0.0657 e. The second-order valence-electron chi connectivity index (χ2n) is 5.86. The van der Waals surface area contributed by atoms with Crippen LogP contribution < -0.4 is 0 Å². The zero-order valence-electron chi connectivity index (χ0n) is 10.5. The molecule has 2 rings (SSSR count). The molecule has 0 radical (unpaired) electrons. The van der Waals surface area contributed by atoms with E-state index in [4.69, 9.17) is 0 Å². The lowest BCUT2D eigenvalue weighted by atomic mass is 9.67. The summed E-state index contributed by atoms with van der Waals surface area (Å²) < 4.78 is 0. The third-order valence-corrected chi connectivity index (χ3v) is 4.80. The molecule has 0 aromatic carbocycles. The van der Waals surface area contributed by atoms with Gasteiger partial charge in [-0.1, -0.05) is 12.8 Å². The van der Waals surface area contributed by atoms with Crippen LogP contribution in [0.4, 0.5) is 0 Å². The molecule has 0 bridgehead atoms. The van der Waals surface area contributed by atoms with Crippen LogP contribution in [0.5, 0.6) is 0 Å². The van der Waals surface area contributed by atoms with Crippen LogP contribution in [0, 0.1) is 17.3 Å². The van der Waals surface area contributed by atoms with Crippen molar-refractivity contribution in [3.8, 4) is 11.8 Å². The average molecular weight is 220 g/mol. The Kier molecular flexibility index (Phi) is 3.60. The van der Waals surface area contributed by atoms with Gasteiger partial charge in [0.1, 0.15) is 0 Å². The van der Waals surface area contributed by atoms with Gasteiger partial charge in [-0.05, 0) is 57.3 Å². The van der Waals surface area contributed by atoms with Crippen molar-refractivity contribution in [3.05, 3.63) is 0 Å². The zero-order valence-corrected chi connectivity index (χ0v) is 10.5. The quantitative estimate of drug-likeness (QED) is 0.704. The molecular formula is C15H24O. The number of hydrogen-bond acceptors (Lipinski definition) is 1. The van der Waals surface area contributed by atoms with Gasteiger partial charge in [0.15, 0.2) is 0 Å². The molecule has 2 aliphatic rings. The average Bonchev–Trinajstić information content (AvgIpc) is 2.73. The normalized spacial score (nSPS) is 26.4. The van der Waals surface area contributed by atoms with Crippen molar-refractivity contribution in [3.63, 3.8) is 0 Å². The van der Waals surface area contributed by atoms with Crippen molar-refractivity contribution in [1.29, 1.82) is 0 Å². The first-order valence-corrected chi connectivity index (χ1v) is 6.80. The summed E-state index contributed by atoms with van der Waals surface area (Å²) in [5, 5.41) is 10.5. The van der Waals surface area contributed by atoms with E-state index in [2.05, 4.69) is 11.8 Å². The molecule has 0 heterocycles. The minimum Gasteiger partial charge on any atom is -0.390 e. The maximum absolute atomic E-state index is 10.5. The van der Waals surface area contributed by atoms with Crippen LogP contribution in [0.15, 0.2) is 0 Å². The minimum atomic E-state index is -0.391. The first-order chi connectivity index (χ1) is 7.68. The predicted molar refractivity (Wildman–Crippen MR) is 67.0 cm³/mol. The Morgan fingerprint density at radius 1 is 1.00 bits per heavy atom. The monoisotopic (exact) mass is 220 g/mol. The smallest absolute Gasteiger partial charge is 0.0657 e. The highest BCUT2D eigenvalue weighted by Gasteiger charge is 2.42. The van der Waals surface area contributed by atoms with E-state index in [1.807, 2.05) is 6.92 Å². The molecule has 1 heteroatoms. The highest BCUT2D eigenvalue weighted by molar-refractivity contribution is 5.00. The van der Waals surface area contributed by atoms with Gasteiger partial charge in [0, 0.05) is 6.42 Å². The first-order valence-electron chi connectivity index (χ1n) is 6.80. The van der Waals surface area contributed by atoms with Crippen LogP contribution >= 0.6 is 0 Å². The minimum absolute atomic E-state index is 0.391. The van der Waals surface area contributed by atoms with E-state index in [9.17, 15) is 5.11 Å². The van der Waals surface area contributed by atoms with Crippen molar-refractivity contribution >= 4 is 0 Å². The Morgan fingerprint density at radius 2 is 1.62 bits per heavy atom. The van der Waals surface area contributed by atoms with Crippen LogP contribution in [0.25, 0.3) is 0 Å². The van der Waals surface area contributed by atoms with Gasteiger partial charge in [-0.25, -0.2) is 0 Å². The summed E-state index contributed by atoms with van der Waals surface area (Å²) in [7, 11) is 0. The first kappa shape index (κ1) is 12.0. The van der Waals surface area contributed by atoms with Gasteiger partial charge in [0.05, 0.1) is 5.60 Å². The molecule has 0 aliphatic heterocycles. The summed E-state index contributed by atoms with van der Waals surface area (Å²) in [5.74, 6) is 5.98. The molecule has 2 fully saturated rings. The molecule has 1 N–H and O–H groups in total. The Labute approximate surface area is 99.6 Å². The molecule has 0 amide bonds. The number of aliphatic hydroxyl groups is 1. The van der Waals surface area contributed by atoms with Crippen molar-refractivity contribution in [1.82, 2.24) is 0 Å².